The Morgan fingerprint density at radius 2 is 1.94 bits per heavy atom. The summed E-state index contributed by atoms with van der Waals surface area (Å²) in [6.07, 6.45) is 0.138. The first-order valence-electron chi connectivity index (χ1n) is 6.15. The van der Waals surface area contributed by atoms with Crippen LogP contribution in [-0.2, 0) is 6.54 Å². The van der Waals surface area contributed by atoms with Crippen LogP contribution in [0.3, 0.4) is 0 Å². The van der Waals surface area contributed by atoms with Crippen LogP contribution in [-0.4, -0.2) is 12.6 Å². The first-order chi connectivity index (χ1) is 8.00. The largest absolute Gasteiger partial charge is 0.489 e. The van der Waals surface area contributed by atoms with Crippen molar-refractivity contribution in [2.24, 2.45) is 5.92 Å². The van der Waals surface area contributed by atoms with Gasteiger partial charge in [0.15, 0.2) is 0 Å². The summed E-state index contributed by atoms with van der Waals surface area (Å²) in [5, 5.41) is 4.09. The summed E-state index contributed by atoms with van der Waals surface area (Å²) in [5.41, 5.74) is 1.12. The Hall–Kier alpha value is -0.730. The van der Waals surface area contributed by atoms with E-state index in [1.54, 1.807) is 0 Å². The summed E-state index contributed by atoms with van der Waals surface area (Å²) in [6.45, 7) is 10.2. The fourth-order valence-corrected chi connectivity index (χ4v) is 1.79. The maximum Gasteiger partial charge on any atom is 0.142 e. The number of para-hydroxylation sites is 1. The lowest BCUT2D eigenvalue weighted by Crippen LogP contribution is -2.20. The summed E-state index contributed by atoms with van der Waals surface area (Å²) in [5.74, 6) is 1.45. The molecule has 0 heterocycles. The zero-order chi connectivity index (χ0) is 12.8. The van der Waals surface area contributed by atoms with Gasteiger partial charge in [0.25, 0.3) is 0 Å². The van der Waals surface area contributed by atoms with E-state index in [9.17, 15) is 0 Å². The zero-order valence-electron chi connectivity index (χ0n) is 11.1. The molecule has 0 radical (unpaired) electrons. The van der Waals surface area contributed by atoms with Crippen LogP contribution in [0.2, 0.25) is 5.02 Å². The third-order valence-corrected chi connectivity index (χ3v) is 2.57. The molecule has 1 rings (SSSR count). The lowest BCUT2D eigenvalue weighted by atomic mass is 10.1. The van der Waals surface area contributed by atoms with Gasteiger partial charge in [-0.05, 0) is 32.4 Å². The fraction of sp³-hybridized carbons (Fsp3) is 0.571. The number of hydrogen-bond acceptors (Lipinski definition) is 2. The molecule has 0 saturated heterocycles. The fourth-order valence-electron chi connectivity index (χ4n) is 1.56. The Balaban J connectivity index is 2.72. The van der Waals surface area contributed by atoms with Crippen molar-refractivity contribution in [2.45, 2.75) is 40.3 Å². The first-order valence-corrected chi connectivity index (χ1v) is 6.53. The van der Waals surface area contributed by atoms with Crippen LogP contribution in [0, 0.1) is 5.92 Å². The van der Waals surface area contributed by atoms with E-state index in [1.165, 1.54) is 0 Å². The van der Waals surface area contributed by atoms with Crippen LogP contribution < -0.4 is 10.1 Å². The van der Waals surface area contributed by atoms with Gasteiger partial charge in [0.1, 0.15) is 5.75 Å². The summed E-state index contributed by atoms with van der Waals surface area (Å²) in [4.78, 5) is 0. The molecule has 0 aliphatic rings. The highest BCUT2D eigenvalue weighted by atomic mass is 35.5. The molecule has 17 heavy (non-hydrogen) atoms. The Morgan fingerprint density at radius 3 is 2.53 bits per heavy atom. The van der Waals surface area contributed by atoms with Crippen molar-refractivity contribution in [3.63, 3.8) is 0 Å². The molecule has 1 aromatic carbocycles. The highest BCUT2D eigenvalue weighted by Crippen LogP contribution is 2.29. The lowest BCUT2D eigenvalue weighted by Gasteiger charge is -2.16. The molecule has 96 valence electrons. The standard InChI is InChI=1S/C14H22ClNO/c1-10(2)8-16-9-12-6-5-7-13(15)14(12)17-11(3)4/h5-7,10-11,16H,8-9H2,1-4H3. The summed E-state index contributed by atoms with van der Waals surface area (Å²) in [7, 11) is 0. The van der Waals surface area contributed by atoms with Crippen molar-refractivity contribution in [3.05, 3.63) is 28.8 Å². The molecule has 1 aromatic rings. The summed E-state index contributed by atoms with van der Waals surface area (Å²) >= 11 is 6.16. The van der Waals surface area contributed by atoms with E-state index in [0.717, 1.165) is 24.4 Å². The van der Waals surface area contributed by atoms with Crippen LogP contribution >= 0.6 is 11.6 Å². The van der Waals surface area contributed by atoms with E-state index in [-0.39, 0.29) is 6.10 Å². The van der Waals surface area contributed by atoms with E-state index in [2.05, 4.69) is 25.2 Å². The highest BCUT2D eigenvalue weighted by Gasteiger charge is 2.09. The Morgan fingerprint density at radius 1 is 1.24 bits per heavy atom. The van der Waals surface area contributed by atoms with Gasteiger partial charge in [0, 0.05) is 12.1 Å². The highest BCUT2D eigenvalue weighted by molar-refractivity contribution is 6.32. The average molecular weight is 256 g/mol. The predicted molar refractivity (Wildman–Crippen MR) is 73.8 cm³/mol. The molecule has 0 fully saturated rings. The molecule has 0 aliphatic carbocycles. The molecular weight excluding hydrogens is 234 g/mol. The Kier molecular flexibility index (Phi) is 5.79. The molecule has 0 amide bonds. The lowest BCUT2D eigenvalue weighted by molar-refractivity contribution is 0.239. The van der Waals surface area contributed by atoms with Gasteiger partial charge in [-0.1, -0.05) is 37.6 Å². The van der Waals surface area contributed by atoms with Crippen molar-refractivity contribution in [3.8, 4) is 5.75 Å². The van der Waals surface area contributed by atoms with E-state index in [4.69, 9.17) is 16.3 Å². The van der Waals surface area contributed by atoms with Crippen molar-refractivity contribution >= 4 is 11.6 Å². The molecule has 0 unspecified atom stereocenters. The van der Waals surface area contributed by atoms with Crippen LogP contribution in [0.1, 0.15) is 33.3 Å². The third-order valence-electron chi connectivity index (χ3n) is 2.27. The van der Waals surface area contributed by atoms with E-state index in [0.29, 0.717) is 10.9 Å². The van der Waals surface area contributed by atoms with Gasteiger partial charge in [0.05, 0.1) is 11.1 Å². The molecular formula is C14H22ClNO. The van der Waals surface area contributed by atoms with Gasteiger partial charge in [-0.3, -0.25) is 0 Å². The molecule has 3 heteroatoms. The molecule has 2 nitrogen and oxygen atoms in total. The smallest absolute Gasteiger partial charge is 0.142 e. The van der Waals surface area contributed by atoms with Gasteiger partial charge < -0.3 is 10.1 Å². The Bertz CT molecular complexity index is 350. The van der Waals surface area contributed by atoms with Gasteiger partial charge in [-0.25, -0.2) is 0 Å². The van der Waals surface area contributed by atoms with Crippen LogP contribution in [0.25, 0.3) is 0 Å². The quantitative estimate of drug-likeness (QED) is 0.833. The SMILES string of the molecule is CC(C)CNCc1cccc(Cl)c1OC(C)C. The second kappa shape index (κ2) is 6.87. The maximum atomic E-state index is 6.16. The number of benzene rings is 1. The van der Waals surface area contributed by atoms with Crippen molar-refractivity contribution in [1.29, 1.82) is 0 Å². The Labute approximate surface area is 109 Å². The van der Waals surface area contributed by atoms with Crippen LogP contribution in [0.4, 0.5) is 0 Å². The molecule has 0 saturated carbocycles. The molecule has 0 atom stereocenters. The molecule has 0 spiro atoms. The first kappa shape index (κ1) is 14.3. The minimum atomic E-state index is 0.138. The molecule has 1 N–H and O–H groups in total. The van der Waals surface area contributed by atoms with Gasteiger partial charge >= 0.3 is 0 Å². The van der Waals surface area contributed by atoms with E-state index >= 15 is 0 Å². The molecule has 0 bridgehead atoms. The second-order valence-corrected chi connectivity index (χ2v) is 5.33. The topological polar surface area (TPSA) is 21.3 Å². The number of nitrogens with one attached hydrogen (secondary N) is 1. The monoisotopic (exact) mass is 255 g/mol. The normalized spacial score (nSPS) is 11.2. The summed E-state index contributed by atoms with van der Waals surface area (Å²) in [6, 6.07) is 5.88. The van der Waals surface area contributed by atoms with Crippen LogP contribution in [0.5, 0.6) is 5.75 Å². The predicted octanol–water partition coefficient (Wildman–Crippen LogP) is 3.87. The second-order valence-electron chi connectivity index (χ2n) is 4.92. The van der Waals surface area contributed by atoms with Gasteiger partial charge in [-0.15, -0.1) is 0 Å². The zero-order valence-corrected chi connectivity index (χ0v) is 11.8. The van der Waals surface area contributed by atoms with E-state index < -0.39 is 0 Å². The third kappa shape index (κ3) is 4.97. The van der Waals surface area contributed by atoms with Gasteiger partial charge in [0.2, 0.25) is 0 Å². The number of halogens is 1. The maximum absolute atomic E-state index is 6.16. The van der Waals surface area contributed by atoms with Crippen molar-refractivity contribution in [1.82, 2.24) is 5.32 Å². The van der Waals surface area contributed by atoms with Gasteiger partial charge in [-0.2, -0.15) is 0 Å². The van der Waals surface area contributed by atoms with Crippen molar-refractivity contribution in [2.75, 3.05) is 6.54 Å². The number of rotatable bonds is 6. The average Bonchev–Trinajstić information content (AvgIpc) is 2.22. The minimum Gasteiger partial charge on any atom is -0.489 e. The number of ether oxygens (including phenoxy) is 1. The number of hydrogen-bond donors (Lipinski definition) is 1. The van der Waals surface area contributed by atoms with Crippen molar-refractivity contribution < 1.29 is 4.74 Å². The molecule has 0 aromatic heterocycles. The molecule has 0 aliphatic heterocycles. The van der Waals surface area contributed by atoms with Crippen LogP contribution in [0.15, 0.2) is 18.2 Å². The minimum absolute atomic E-state index is 0.138. The summed E-state index contributed by atoms with van der Waals surface area (Å²) < 4.78 is 5.76. The van der Waals surface area contributed by atoms with E-state index in [1.807, 2.05) is 26.0 Å².